The zero-order valence-corrected chi connectivity index (χ0v) is 16.2. The summed E-state index contributed by atoms with van der Waals surface area (Å²) in [4.78, 5) is 15.7. The first kappa shape index (κ1) is 18.4. The fourth-order valence-electron chi connectivity index (χ4n) is 4.28. The van der Waals surface area contributed by atoms with E-state index in [2.05, 4.69) is 36.0 Å². The lowest BCUT2D eigenvalue weighted by molar-refractivity contribution is -0.113. The number of fused-ring (bicyclic) bond motifs is 1. The highest BCUT2D eigenvalue weighted by atomic mass is 16.1. The predicted octanol–water partition coefficient (Wildman–Crippen LogP) is 5.18. The number of hydrogen-bond donors (Lipinski definition) is 0. The predicted molar refractivity (Wildman–Crippen MR) is 112 cm³/mol. The summed E-state index contributed by atoms with van der Waals surface area (Å²) in [5.41, 5.74) is 7.30. The Kier molecular flexibility index (Phi) is 4.96. The molecule has 1 fully saturated rings. The minimum absolute atomic E-state index is 0.119. The van der Waals surface area contributed by atoms with Crippen LogP contribution < -0.4 is 0 Å². The minimum Gasteiger partial charge on any atom is -0.266 e. The molecule has 140 valence electrons. The molecule has 0 N–H and O–H groups in total. The number of rotatable bonds is 5. The Hall–Kier alpha value is -2.99. The second kappa shape index (κ2) is 7.56. The first-order valence-corrected chi connectivity index (χ1v) is 9.92. The highest BCUT2D eigenvalue weighted by Crippen LogP contribution is 2.42. The summed E-state index contributed by atoms with van der Waals surface area (Å²) in [5.74, 6) is 0.611. The molecule has 3 nitrogen and oxygen atoms in total. The van der Waals surface area contributed by atoms with Crippen LogP contribution in [0.2, 0.25) is 0 Å². The number of aliphatic imine (C=N–C) groups is 1. The van der Waals surface area contributed by atoms with E-state index in [4.69, 9.17) is 0 Å². The van der Waals surface area contributed by atoms with E-state index in [-0.39, 0.29) is 5.57 Å². The topological polar surface area (TPSA) is 53.2 Å². The first-order chi connectivity index (χ1) is 13.6. The van der Waals surface area contributed by atoms with Gasteiger partial charge in [0, 0.05) is 0 Å². The summed E-state index contributed by atoms with van der Waals surface area (Å²) in [6, 6.07) is 17.0. The standard InChI is InChI=1S/C25H24N2O/c1-16-3-5-19(6-4-16)23(24(15-26)25(28)27-2)13-17-11-20-9-10-21(18-7-8-18)14-22(20)12-17/h3-6,9-10,14,17-18H,2,7-8,11-13H2,1H3/b24-23+/t17-/m1/s1. The van der Waals surface area contributed by atoms with Crippen molar-refractivity contribution in [1.29, 1.82) is 5.26 Å². The molecule has 0 saturated heterocycles. The summed E-state index contributed by atoms with van der Waals surface area (Å²) in [6.45, 7) is 5.36. The number of aryl methyl sites for hydroxylation is 1. The van der Waals surface area contributed by atoms with Gasteiger partial charge in [0.1, 0.15) is 11.6 Å². The van der Waals surface area contributed by atoms with Gasteiger partial charge in [-0.15, -0.1) is 0 Å². The third-order valence-corrected chi connectivity index (χ3v) is 5.96. The minimum atomic E-state index is -0.537. The van der Waals surface area contributed by atoms with Crippen LogP contribution in [0.3, 0.4) is 0 Å². The van der Waals surface area contributed by atoms with Crippen LogP contribution in [0.25, 0.3) is 5.57 Å². The lowest BCUT2D eigenvalue weighted by Gasteiger charge is -2.15. The zero-order chi connectivity index (χ0) is 19.7. The van der Waals surface area contributed by atoms with Crippen LogP contribution in [-0.2, 0) is 17.6 Å². The molecule has 0 unspecified atom stereocenters. The fraction of sp³-hybridized carbons (Fsp3) is 0.320. The van der Waals surface area contributed by atoms with E-state index in [9.17, 15) is 10.1 Å². The molecule has 0 aliphatic heterocycles. The Morgan fingerprint density at radius 3 is 2.50 bits per heavy atom. The third-order valence-electron chi connectivity index (χ3n) is 5.96. The van der Waals surface area contributed by atoms with Crippen LogP contribution in [0.4, 0.5) is 0 Å². The summed E-state index contributed by atoms with van der Waals surface area (Å²) in [7, 11) is 0. The monoisotopic (exact) mass is 368 g/mol. The van der Waals surface area contributed by atoms with Gasteiger partial charge in [-0.3, -0.25) is 4.79 Å². The zero-order valence-electron chi connectivity index (χ0n) is 16.2. The normalized spacial score (nSPS) is 18.8. The Bertz CT molecular complexity index is 1000. The van der Waals surface area contributed by atoms with Gasteiger partial charge in [0.05, 0.1) is 0 Å². The van der Waals surface area contributed by atoms with Crippen molar-refractivity contribution in [2.45, 2.75) is 44.9 Å². The first-order valence-electron chi connectivity index (χ1n) is 9.92. The van der Waals surface area contributed by atoms with E-state index in [1.807, 2.05) is 31.2 Å². The molecule has 1 saturated carbocycles. The molecule has 0 radical (unpaired) electrons. The summed E-state index contributed by atoms with van der Waals surface area (Å²) in [6.07, 6.45) is 5.31. The summed E-state index contributed by atoms with van der Waals surface area (Å²) >= 11 is 0. The number of hydrogen-bond acceptors (Lipinski definition) is 2. The molecule has 2 aliphatic rings. The van der Waals surface area contributed by atoms with Crippen LogP contribution in [0.15, 0.2) is 53.0 Å². The van der Waals surface area contributed by atoms with Crippen molar-refractivity contribution in [3.63, 3.8) is 0 Å². The molecular weight excluding hydrogens is 344 g/mol. The highest BCUT2D eigenvalue weighted by Gasteiger charge is 2.28. The van der Waals surface area contributed by atoms with Gasteiger partial charge in [-0.1, -0.05) is 48.0 Å². The molecule has 4 rings (SSSR count). The average Bonchev–Trinajstić information content (AvgIpc) is 3.48. The molecule has 1 amide bonds. The second-order valence-electron chi connectivity index (χ2n) is 8.08. The van der Waals surface area contributed by atoms with Crippen molar-refractivity contribution in [2.75, 3.05) is 0 Å². The molecule has 3 heteroatoms. The van der Waals surface area contributed by atoms with Crippen LogP contribution in [0.5, 0.6) is 0 Å². The molecule has 0 aromatic heterocycles. The van der Waals surface area contributed by atoms with Gasteiger partial charge >= 0.3 is 0 Å². The Balaban J connectivity index is 1.64. The van der Waals surface area contributed by atoms with E-state index in [0.717, 1.165) is 35.5 Å². The van der Waals surface area contributed by atoms with Crippen molar-refractivity contribution in [2.24, 2.45) is 10.9 Å². The number of allylic oxidation sites excluding steroid dienone is 1. The molecule has 2 aliphatic carbocycles. The number of nitriles is 1. The maximum Gasteiger partial charge on any atom is 0.287 e. The van der Waals surface area contributed by atoms with E-state index in [0.29, 0.717) is 12.3 Å². The summed E-state index contributed by atoms with van der Waals surface area (Å²) in [5, 5.41) is 9.65. The molecule has 0 bridgehead atoms. The van der Waals surface area contributed by atoms with Gasteiger partial charge in [-0.05, 0) is 85.4 Å². The van der Waals surface area contributed by atoms with Crippen LogP contribution in [0, 0.1) is 24.2 Å². The molecule has 0 heterocycles. The van der Waals surface area contributed by atoms with Gasteiger partial charge in [0.2, 0.25) is 0 Å². The van der Waals surface area contributed by atoms with Crippen molar-refractivity contribution >= 4 is 18.2 Å². The van der Waals surface area contributed by atoms with Crippen molar-refractivity contribution in [3.8, 4) is 6.07 Å². The van der Waals surface area contributed by atoms with Crippen LogP contribution in [-0.4, -0.2) is 12.6 Å². The van der Waals surface area contributed by atoms with Gasteiger partial charge in [0.15, 0.2) is 0 Å². The third kappa shape index (κ3) is 3.68. The molecule has 1 atom stereocenters. The molecular formula is C25H24N2O. The Labute approximate surface area is 166 Å². The van der Waals surface area contributed by atoms with E-state index < -0.39 is 5.91 Å². The van der Waals surface area contributed by atoms with E-state index in [1.54, 1.807) is 0 Å². The maximum atomic E-state index is 12.2. The molecule has 0 spiro atoms. The average molecular weight is 368 g/mol. The Morgan fingerprint density at radius 1 is 1.14 bits per heavy atom. The quantitative estimate of drug-likeness (QED) is 0.415. The Morgan fingerprint density at radius 2 is 1.86 bits per heavy atom. The van der Waals surface area contributed by atoms with Crippen LogP contribution in [0.1, 0.15) is 53.0 Å². The molecule has 2 aromatic rings. The lowest BCUT2D eigenvalue weighted by Crippen LogP contribution is -2.07. The van der Waals surface area contributed by atoms with Gasteiger partial charge < -0.3 is 0 Å². The fourth-order valence-corrected chi connectivity index (χ4v) is 4.28. The second-order valence-corrected chi connectivity index (χ2v) is 8.08. The number of amides is 1. The largest absolute Gasteiger partial charge is 0.287 e. The number of benzene rings is 2. The highest BCUT2D eigenvalue weighted by molar-refractivity contribution is 6.06. The summed E-state index contributed by atoms with van der Waals surface area (Å²) < 4.78 is 0. The lowest BCUT2D eigenvalue weighted by atomic mass is 9.88. The SMILES string of the molecule is C=NC(=O)/C(C#N)=C(\C[C@@H]1Cc2ccc(C3CC3)cc2C1)c1ccc(C)cc1. The molecule has 28 heavy (non-hydrogen) atoms. The van der Waals surface area contributed by atoms with Gasteiger partial charge in [0.25, 0.3) is 5.91 Å². The molecule has 2 aromatic carbocycles. The number of nitrogens with zero attached hydrogens (tertiary/aromatic N) is 2. The van der Waals surface area contributed by atoms with Crippen molar-refractivity contribution in [1.82, 2.24) is 0 Å². The number of carbonyl (C=O) groups is 1. The van der Waals surface area contributed by atoms with E-state index >= 15 is 0 Å². The van der Waals surface area contributed by atoms with E-state index in [1.165, 1.54) is 29.5 Å². The smallest absolute Gasteiger partial charge is 0.266 e. The number of carbonyl (C=O) groups excluding carboxylic acids is 1. The maximum absolute atomic E-state index is 12.2. The van der Waals surface area contributed by atoms with Gasteiger partial charge in [-0.25, -0.2) is 4.99 Å². The van der Waals surface area contributed by atoms with Crippen LogP contribution >= 0.6 is 0 Å². The van der Waals surface area contributed by atoms with Crippen molar-refractivity contribution in [3.05, 3.63) is 75.9 Å². The van der Waals surface area contributed by atoms with Gasteiger partial charge in [-0.2, -0.15) is 5.26 Å². The van der Waals surface area contributed by atoms with Crippen molar-refractivity contribution < 1.29 is 4.79 Å².